The van der Waals surface area contributed by atoms with Crippen molar-refractivity contribution in [2.45, 2.75) is 46.0 Å². The van der Waals surface area contributed by atoms with E-state index in [9.17, 15) is 4.79 Å². The van der Waals surface area contributed by atoms with Gasteiger partial charge in [-0.3, -0.25) is 0 Å². The monoisotopic (exact) mass is 336 g/mol. The molecule has 0 bridgehead atoms. The minimum Gasteiger partial charge on any atom is -0.449 e. The average molecular weight is 336 g/mol. The van der Waals surface area contributed by atoms with E-state index in [-0.39, 0.29) is 17.7 Å². The molecule has 1 atom stereocenters. The molecule has 0 aromatic heterocycles. The largest absolute Gasteiger partial charge is 0.449 e. The standard InChI is InChI=1S/C22H24O3/c1-14(2)21(23)25-20-17-9-7-6-8-16(17)19-12-15(10-11-18(19)20)13-24-22(3,4)5/h6-12,20H,1,13H2,2-5H3. The number of ether oxygens (including phenoxy) is 2. The van der Waals surface area contributed by atoms with E-state index in [1.807, 2.05) is 51.1 Å². The van der Waals surface area contributed by atoms with Gasteiger partial charge in [-0.2, -0.15) is 0 Å². The van der Waals surface area contributed by atoms with Crippen LogP contribution in [0.25, 0.3) is 11.1 Å². The van der Waals surface area contributed by atoms with Crippen molar-refractivity contribution in [1.82, 2.24) is 0 Å². The highest BCUT2D eigenvalue weighted by atomic mass is 16.5. The quantitative estimate of drug-likeness (QED) is 0.569. The molecular formula is C22H24O3. The number of hydrogen-bond donors (Lipinski definition) is 0. The number of fused-ring (bicyclic) bond motifs is 3. The fourth-order valence-electron chi connectivity index (χ4n) is 2.93. The number of carbonyl (C=O) groups excluding carboxylic acids is 1. The van der Waals surface area contributed by atoms with Gasteiger partial charge >= 0.3 is 5.97 Å². The van der Waals surface area contributed by atoms with E-state index in [4.69, 9.17) is 9.47 Å². The van der Waals surface area contributed by atoms with Gasteiger partial charge in [-0.1, -0.05) is 43.0 Å². The summed E-state index contributed by atoms with van der Waals surface area (Å²) in [6.07, 6.45) is -0.381. The van der Waals surface area contributed by atoms with Crippen LogP contribution in [0.1, 0.15) is 50.5 Å². The van der Waals surface area contributed by atoms with Crippen LogP contribution < -0.4 is 0 Å². The zero-order valence-corrected chi connectivity index (χ0v) is 15.3. The van der Waals surface area contributed by atoms with Crippen LogP contribution in [0.4, 0.5) is 0 Å². The first-order valence-corrected chi connectivity index (χ1v) is 8.49. The molecule has 2 aromatic rings. The molecule has 0 saturated carbocycles. The van der Waals surface area contributed by atoms with E-state index in [0.29, 0.717) is 12.2 Å². The zero-order chi connectivity index (χ0) is 18.2. The predicted octanol–water partition coefficient (Wildman–Crippen LogP) is 5.19. The normalized spacial score (nSPS) is 15.4. The molecule has 3 heteroatoms. The molecule has 1 aliphatic carbocycles. The number of benzene rings is 2. The van der Waals surface area contributed by atoms with Crippen molar-refractivity contribution in [3.8, 4) is 11.1 Å². The molecule has 0 fully saturated rings. The second-order valence-corrected chi connectivity index (χ2v) is 7.48. The topological polar surface area (TPSA) is 35.5 Å². The summed E-state index contributed by atoms with van der Waals surface area (Å²) in [6, 6.07) is 14.3. The molecule has 2 aromatic carbocycles. The van der Waals surface area contributed by atoms with Gasteiger partial charge in [0.25, 0.3) is 0 Å². The molecule has 0 spiro atoms. The highest BCUT2D eigenvalue weighted by Gasteiger charge is 2.31. The Labute approximate surface area is 149 Å². The number of esters is 1. The van der Waals surface area contributed by atoms with Crippen molar-refractivity contribution in [2.75, 3.05) is 0 Å². The van der Waals surface area contributed by atoms with Crippen LogP contribution in [0, 0.1) is 0 Å². The fraction of sp³-hybridized carbons (Fsp3) is 0.318. The zero-order valence-electron chi connectivity index (χ0n) is 15.3. The van der Waals surface area contributed by atoms with Crippen LogP contribution in [0.3, 0.4) is 0 Å². The fourth-order valence-corrected chi connectivity index (χ4v) is 2.93. The first kappa shape index (κ1) is 17.4. The van der Waals surface area contributed by atoms with Gasteiger partial charge < -0.3 is 9.47 Å². The van der Waals surface area contributed by atoms with Crippen molar-refractivity contribution < 1.29 is 14.3 Å². The Bertz CT molecular complexity index is 827. The minimum absolute atomic E-state index is 0.184. The molecule has 0 N–H and O–H groups in total. The lowest BCUT2D eigenvalue weighted by atomic mass is 10.0. The summed E-state index contributed by atoms with van der Waals surface area (Å²) < 4.78 is 11.6. The lowest BCUT2D eigenvalue weighted by Gasteiger charge is -2.20. The van der Waals surface area contributed by atoms with Gasteiger partial charge in [0.05, 0.1) is 12.2 Å². The third-order valence-corrected chi connectivity index (χ3v) is 4.18. The van der Waals surface area contributed by atoms with Gasteiger partial charge in [-0.15, -0.1) is 0 Å². The summed E-state index contributed by atoms with van der Waals surface area (Å²) in [4.78, 5) is 12.1. The van der Waals surface area contributed by atoms with Gasteiger partial charge in [0.2, 0.25) is 0 Å². The Balaban J connectivity index is 1.96. The van der Waals surface area contributed by atoms with Gasteiger partial charge in [0.1, 0.15) is 0 Å². The molecule has 0 heterocycles. The van der Waals surface area contributed by atoms with Crippen molar-refractivity contribution in [2.24, 2.45) is 0 Å². The maximum Gasteiger partial charge on any atom is 0.334 e. The van der Waals surface area contributed by atoms with Crippen LogP contribution in [0.5, 0.6) is 0 Å². The molecule has 0 aliphatic heterocycles. The predicted molar refractivity (Wildman–Crippen MR) is 99.2 cm³/mol. The molecule has 0 amide bonds. The Morgan fingerprint density at radius 3 is 2.44 bits per heavy atom. The molecule has 25 heavy (non-hydrogen) atoms. The van der Waals surface area contributed by atoms with Crippen molar-refractivity contribution in [3.05, 3.63) is 71.3 Å². The number of carbonyl (C=O) groups is 1. The van der Waals surface area contributed by atoms with E-state index < -0.39 is 0 Å². The van der Waals surface area contributed by atoms with Gasteiger partial charge in [-0.05, 0) is 50.5 Å². The summed E-state index contributed by atoms with van der Waals surface area (Å²) in [5, 5.41) is 0. The second-order valence-electron chi connectivity index (χ2n) is 7.48. The highest BCUT2D eigenvalue weighted by Crippen LogP contribution is 2.45. The van der Waals surface area contributed by atoms with Gasteiger partial charge in [-0.25, -0.2) is 4.79 Å². The SMILES string of the molecule is C=C(C)C(=O)OC1c2ccccc2-c2cc(COC(C)(C)C)ccc21. The molecule has 0 saturated heterocycles. The summed E-state index contributed by atoms with van der Waals surface area (Å²) in [7, 11) is 0. The third kappa shape index (κ3) is 3.67. The van der Waals surface area contributed by atoms with Crippen molar-refractivity contribution >= 4 is 5.97 Å². The molecule has 3 nitrogen and oxygen atoms in total. The number of hydrogen-bond acceptors (Lipinski definition) is 3. The molecular weight excluding hydrogens is 312 g/mol. The lowest BCUT2D eigenvalue weighted by molar-refractivity contribution is -0.142. The van der Waals surface area contributed by atoms with E-state index in [2.05, 4.69) is 18.7 Å². The second kappa shape index (κ2) is 6.49. The lowest BCUT2D eigenvalue weighted by Crippen LogP contribution is -2.18. The molecule has 3 rings (SSSR count). The minimum atomic E-state index is -0.381. The maximum atomic E-state index is 12.1. The molecule has 0 radical (unpaired) electrons. The Morgan fingerprint density at radius 1 is 1.08 bits per heavy atom. The van der Waals surface area contributed by atoms with E-state index >= 15 is 0 Å². The highest BCUT2D eigenvalue weighted by molar-refractivity contribution is 5.88. The molecule has 130 valence electrons. The van der Waals surface area contributed by atoms with Crippen LogP contribution in [0.15, 0.2) is 54.6 Å². The van der Waals surface area contributed by atoms with Crippen molar-refractivity contribution in [3.63, 3.8) is 0 Å². The summed E-state index contributed by atoms with van der Waals surface area (Å²) >= 11 is 0. The third-order valence-electron chi connectivity index (χ3n) is 4.18. The summed E-state index contributed by atoms with van der Waals surface area (Å²) in [6.45, 7) is 12.0. The first-order valence-electron chi connectivity index (χ1n) is 8.49. The van der Waals surface area contributed by atoms with E-state index in [0.717, 1.165) is 27.8 Å². The van der Waals surface area contributed by atoms with E-state index in [1.54, 1.807) is 6.92 Å². The maximum absolute atomic E-state index is 12.1. The summed E-state index contributed by atoms with van der Waals surface area (Å²) in [5.41, 5.74) is 5.56. The van der Waals surface area contributed by atoms with Crippen molar-refractivity contribution in [1.29, 1.82) is 0 Å². The first-order chi connectivity index (χ1) is 11.8. The average Bonchev–Trinajstić information content (AvgIpc) is 2.86. The van der Waals surface area contributed by atoms with E-state index in [1.165, 1.54) is 0 Å². The van der Waals surface area contributed by atoms with Gasteiger partial charge in [0, 0.05) is 16.7 Å². The Morgan fingerprint density at radius 2 is 1.76 bits per heavy atom. The Hall–Kier alpha value is -2.39. The Kier molecular flexibility index (Phi) is 4.53. The van der Waals surface area contributed by atoms with Crippen LogP contribution >= 0.6 is 0 Å². The molecule has 1 unspecified atom stereocenters. The molecule has 1 aliphatic rings. The van der Waals surface area contributed by atoms with Crippen LogP contribution in [0.2, 0.25) is 0 Å². The van der Waals surface area contributed by atoms with Crippen LogP contribution in [-0.2, 0) is 20.9 Å². The van der Waals surface area contributed by atoms with Crippen LogP contribution in [-0.4, -0.2) is 11.6 Å². The van der Waals surface area contributed by atoms with Gasteiger partial charge in [0.15, 0.2) is 6.10 Å². The smallest absolute Gasteiger partial charge is 0.334 e. The number of rotatable bonds is 4. The summed E-state index contributed by atoms with van der Waals surface area (Å²) in [5.74, 6) is -0.368.